The zero-order chi connectivity index (χ0) is 23.4. The van der Waals surface area contributed by atoms with Crippen molar-refractivity contribution < 1.29 is 13.2 Å². The molecule has 1 fully saturated rings. The maximum atomic E-state index is 13.3. The van der Waals surface area contributed by atoms with Crippen LogP contribution in [-0.4, -0.2) is 31.7 Å². The highest BCUT2D eigenvalue weighted by molar-refractivity contribution is 7.89. The van der Waals surface area contributed by atoms with E-state index in [0.29, 0.717) is 30.8 Å². The van der Waals surface area contributed by atoms with Crippen LogP contribution in [0.2, 0.25) is 0 Å². The van der Waals surface area contributed by atoms with Gasteiger partial charge in [0, 0.05) is 19.0 Å². The molecule has 0 saturated carbocycles. The number of nitrogens with zero attached hydrogens (tertiary/aromatic N) is 1. The number of nitrogens with one attached hydrogen (secondary N) is 1. The lowest BCUT2D eigenvalue weighted by atomic mass is 9.92. The Balaban J connectivity index is 1.46. The van der Waals surface area contributed by atoms with Crippen molar-refractivity contribution in [1.82, 2.24) is 9.62 Å². The van der Waals surface area contributed by atoms with Gasteiger partial charge in [-0.1, -0.05) is 72.3 Å². The first kappa shape index (κ1) is 23.2. The number of carbonyl (C=O) groups excluding carboxylic acids is 1. The maximum absolute atomic E-state index is 13.3. The van der Waals surface area contributed by atoms with E-state index in [1.54, 1.807) is 12.1 Å². The van der Waals surface area contributed by atoms with E-state index in [9.17, 15) is 13.2 Å². The first-order valence-corrected chi connectivity index (χ1v) is 12.8. The Kier molecular flexibility index (Phi) is 6.96. The Morgan fingerprint density at radius 2 is 1.48 bits per heavy atom. The van der Waals surface area contributed by atoms with Crippen molar-refractivity contribution >= 4 is 15.9 Å². The molecule has 0 unspecified atom stereocenters. The summed E-state index contributed by atoms with van der Waals surface area (Å²) in [4.78, 5) is 13.6. The Labute approximate surface area is 196 Å². The van der Waals surface area contributed by atoms with Crippen LogP contribution in [0.3, 0.4) is 0 Å². The molecule has 1 aliphatic heterocycles. The van der Waals surface area contributed by atoms with E-state index in [1.807, 2.05) is 80.6 Å². The van der Waals surface area contributed by atoms with Crippen LogP contribution in [0, 0.1) is 19.8 Å². The van der Waals surface area contributed by atoms with Crippen molar-refractivity contribution in [3.8, 4) is 0 Å². The number of hydrogen-bond acceptors (Lipinski definition) is 3. The third-order valence-electron chi connectivity index (χ3n) is 6.40. The number of amides is 1. The van der Waals surface area contributed by atoms with Crippen molar-refractivity contribution in [2.75, 3.05) is 13.1 Å². The standard InChI is InChI=1S/C27H30N2O3S/c1-20-12-14-24(15-13-20)33(31,32)29-18-16-23(17-19-29)27(30)28-26(22-9-4-3-5-10-22)25-11-7-6-8-21(25)2/h3-15,23,26H,16-19H2,1-2H3,(H,28,30)/t26-/m1/s1. The number of piperidine rings is 1. The molecule has 1 aliphatic rings. The fourth-order valence-corrected chi connectivity index (χ4v) is 5.84. The summed E-state index contributed by atoms with van der Waals surface area (Å²) in [5.74, 6) is -0.246. The van der Waals surface area contributed by atoms with E-state index in [-0.39, 0.29) is 17.9 Å². The van der Waals surface area contributed by atoms with Crippen molar-refractivity contribution in [3.63, 3.8) is 0 Å². The summed E-state index contributed by atoms with van der Waals surface area (Å²) >= 11 is 0. The van der Waals surface area contributed by atoms with E-state index >= 15 is 0 Å². The second-order valence-corrected chi connectivity index (χ2v) is 10.6. The molecule has 1 amide bonds. The minimum atomic E-state index is -3.54. The molecule has 0 bridgehead atoms. The van der Waals surface area contributed by atoms with E-state index in [0.717, 1.165) is 22.3 Å². The second-order valence-electron chi connectivity index (χ2n) is 8.70. The summed E-state index contributed by atoms with van der Waals surface area (Å²) in [6.45, 7) is 4.66. The van der Waals surface area contributed by atoms with Gasteiger partial charge in [-0.15, -0.1) is 0 Å². The average Bonchev–Trinajstić information content (AvgIpc) is 2.84. The largest absolute Gasteiger partial charge is 0.345 e. The van der Waals surface area contributed by atoms with Gasteiger partial charge in [0.15, 0.2) is 0 Å². The van der Waals surface area contributed by atoms with Gasteiger partial charge in [0.25, 0.3) is 0 Å². The van der Waals surface area contributed by atoms with Gasteiger partial charge in [0.1, 0.15) is 0 Å². The number of benzene rings is 3. The quantitative estimate of drug-likeness (QED) is 0.582. The van der Waals surface area contributed by atoms with Crippen LogP contribution in [0.4, 0.5) is 0 Å². The van der Waals surface area contributed by atoms with Crippen LogP contribution >= 0.6 is 0 Å². The molecule has 4 rings (SSSR count). The lowest BCUT2D eigenvalue weighted by molar-refractivity contribution is -0.126. The molecule has 33 heavy (non-hydrogen) atoms. The maximum Gasteiger partial charge on any atom is 0.243 e. The zero-order valence-electron chi connectivity index (χ0n) is 19.1. The van der Waals surface area contributed by atoms with Crippen LogP contribution in [0.1, 0.15) is 41.1 Å². The number of rotatable bonds is 6. The fraction of sp³-hybridized carbons (Fsp3) is 0.296. The number of sulfonamides is 1. The topological polar surface area (TPSA) is 66.5 Å². The van der Waals surface area contributed by atoms with Gasteiger partial charge in [-0.3, -0.25) is 4.79 Å². The van der Waals surface area contributed by atoms with Gasteiger partial charge >= 0.3 is 0 Å². The molecule has 3 aromatic carbocycles. The summed E-state index contributed by atoms with van der Waals surface area (Å²) < 4.78 is 27.5. The van der Waals surface area contributed by atoms with Crippen molar-refractivity contribution in [2.45, 2.75) is 37.6 Å². The molecular formula is C27H30N2O3S. The number of aryl methyl sites for hydroxylation is 2. The predicted molar refractivity (Wildman–Crippen MR) is 130 cm³/mol. The summed E-state index contributed by atoms with van der Waals surface area (Å²) in [5, 5.41) is 3.24. The molecule has 1 heterocycles. The summed E-state index contributed by atoms with van der Waals surface area (Å²) in [7, 11) is -3.54. The molecule has 1 atom stereocenters. The minimum absolute atomic E-state index is 0.0283. The average molecular weight is 463 g/mol. The lowest BCUT2D eigenvalue weighted by Gasteiger charge is -2.32. The second kappa shape index (κ2) is 9.89. The van der Waals surface area contributed by atoms with Gasteiger partial charge < -0.3 is 5.32 Å². The van der Waals surface area contributed by atoms with E-state index in [1.165, 1.54) is 4.31 Å². The van der Waals surface area contributed by atoms with Gasteiger partial charge in [0.05, 0.1) is 10.9 Å². The molecule has 0 aliphatic carbocycles. The highest BCUT2D eigenvalue weighted by Gasteiger charge is 2.33. The first-order valence-electron chi connectivity index (χ1n) is 11.3. The normalized spacial score (nSPS) is 16.3. The zero-order valence-corrected chi connectivity index (χ0v) is 19.9. The molecule has 172 valence electrons. The van der Waals surface area contributed by atoms with Crippen molar-refractivity contribution in [2.24, 2.45) is 5.92 Å². The SMILES string of the molecule is Cc1ccc(S(=O)(=O)N2CCC(C(=O)N[C@H](c3ccccc3)c3ccccc3C)CC2)cc1. The van der Waals surface area contributed by atoms with Crippen LogP contribution in [0.5, 0.6) is 0 Å². The highest BCUT2D eigenvalue weighted by Crippen LogP contribution is 2.28. The van der Waals surface area contributed by atoms with E-state index in [4.69, 9.17) is 0 Å². The Morgan fingerprint density at radius 3 is 2.12 bits per heavy atom. The Morgan fingerprint density at radius 1 is 0.879 bits per heavy atom. The van der Waals surface area contributed by atoms with Crippen LogP contribution in [0.25, 0.3) is 0 Å². The summed E-state index contributed by atoms with van der Waals surface area (Å²) in [6.07, 6.45) is 1.01. The monoisotopic (exact) mass is 462 g/mol. The van der Waals surface area contributed by atoms with Gasteiger partial charge in [-0.05, 0) is 55.5 Å². The third kappa shape index (κ3) is 5.18. The van der Waals surface area contributed by atoms with Crippen molar-refractivity contribution in [3.05, 3.63) is 101 Å². The predicted octanol–water partition coefficient (Wildman–Crippen LogP) is 4.61. The van der Waals surface area contributed by atoms with Gasteiger partial charge in [-0.2, -0.15) is 4.31 Å². The molecule has 6 heteroatoms. The molecule has 0 aromatic heterocycles. The molecule has 0 spiro atoms. The van der Waals surface area contributed by atoms with Crippen LogP contribution < -0.4 is 5.32 Å². The molecule has 1 N–H and O–H groups in total. The Bertz CT molecular complexity index is 1200. The van der Waals surface area contributed by atoms with E-state index in [2.05, 4.69) is 5.32 Å². The smallest absolute Gasteiger partial charge is 0.243 e. The molecule has 1 saturated heterocycles. The molecule has 0 radical (unpaired) electrons. The minimum Gasteiger partial charge on any atom is -0.345 e. The summed E-state index contributed by atoms with van der Waals surface area (Å²) in [6, 6.07) is 24.7. The van der Waals surface area contributed by atoms with Crippen LogP contribution in [-0.2, 0) is 14.8 Å². The van der Waals surface area contributed by atoms with Gasteiger partial charge in [0.2, 0.25) is 15.9 Å². The van der Waals surface area contributed by atoms with Gasteiger partial charge in [-0.25, -0.2) is 8.42 Å². The number of hydrogen-bond donors (Lipinski definition) is 1. The summed E-state index contributed by atoms with van der Waals surface area (Å²) in [5.41, 5.74) is 4.23. The van der Waals surface area contributed by atoms with Crippen LogP contribution in [0.15, 0.2) is 83.8 Å². The molecule has 3 aromatic rings. The first-order chi connectivity index (χ1) is 15.9. The third-order valence-corrected chi connectivity index (χ3v) is 8.32. The lowest BCUT2D eigenvalue weighted by Crippen LogP contribution is -2.43. The number of carbonyl (C=O) groups is 1. The fourth-order valence-electron chi connectivity index (χ4n) is 4.37. The highest BCUT2D eigenvalue weighted by atomic mass is 32.2. The van der Waals surface area contributed by atoms with E-state index < -0.39 is 10.0 Å². The molecule has 5 nitrogen and oxygen atoms in total. The Hall–Kier alpha value is -2.96. The van der Waals surface area contributed by atoms with Crippen molar-refractivity contribution in [1.29, 1.82) is 0 Å². The molecular weight excluding hydrogens is 432 g/mol.